The Kier molecular flexibility index (Phi) is 4.92. The summed E-state index contributed by atoms with van der Waals surface area (Å²) in [5.41, 5.74) is 0.664. The topological polar surface area (TPSA) is 89.2 Å². The van der Waals surface area contributed by atoms with Gasteiger partial charge >= 0.3 is 0 Å². The average Bonchev–Trinajstić information content (AvgIpc) is 2.88. The fraction of sp³-hybridized carbons (Fsp3) is 0.357. The van der Waals surface area contributed by atoms with Gasteiger partial charge in [-0.15, -0.1) is 0 Å². The summed E-state index contributed by atoms with van der Waals surface area (Å²) < 4.78 is 3.51. The zero-order valence-corrected chi connectivity index (χ0v) is 13.5. The first-order chi connectivity index (χ1) is 10.4. The first kappa shape index (κ1) is 16.2. The monoisotopic (exact) mass is 322 g/mol. The van der Waals surface area contributed by atoms with E-state index in [9.17, 15) is 14.7 Å². The van der Waals surface area contributed by atoms with Crippen molar-refractivity contribution in [1.82, 2.24) is 19.4 Å². The van der Waals surface area contributed by atoms with E-state index < -0.39 is 5.43 Å². The Hall–Kier alpha value is -2.22. The van der Waals surface area contributed by atoms with Crippen molar-refractivity contribution in [2.75, 3.05) is 5.75 Å². The fourth-order valence-electron chi connectivity index (χ4n) is 1.93. The second-order valence-corrected chi connectivity index (χ2v) is 5.83. The van der Waals surface area contributed by atoms with E-state index in [1.165, 1.54) is 17.8 Å². The Balaban J connectivity index is 1.97. The Bertz CT molecular complexity index is 751. The molecule has 7 nitrogen and oxygen atoms in total. The van der Waals surface area contributed by atoms with Gasteiger partial charge in [-0.25, -0.2) is 4.98 Å². The van der Waals surface area contributed by atoms with Crippen LogP contribution in [0, 0.1) is 6.92 Å². The number of rotatable bonds is 5. The molecule has 0 radical (unpaired) electrons. The predicted molar refractivity (Wildman–Crippen MR) is 83.9 cm³/mol. The molecule has 2 N–H and O–H groups in total. The number of aromatic hydroxyl groups is 1. The molecule has 0 fully saturated rings. The number of thioether (sulfide) groups is 1. The van der Waals surface area contributed by atoms with Crippen LogP contribution in [0.4, 0.5) is 0 Å². The SMILES string of the molecule is Cc1cc(=O)c(O)c(CNC(=O)CSc2nccn2C)n1C. The van der Waals surface area contributed by atoms with Gasteiger partial charge in [0.25, 0.3) is 0 Å². The maximum absolute atomic E-state index is 11.9. The first-order valence-electron chi connectivity index (χ1n) is 6.65. The minimum atomic E-state index is -0.442. The number of hydrogen-bond acceptors (Lipinski definition) is 5. The number of pyridine rings is 1. The first-order valence-corrected chi connectivity index (χ1v) is 7.64. The number of aromatic nitrogens is 3. The summed E-state index contributed by atoms with van der Waals surface area (Å²) in [5, 5.41) is 13.3. The molecule has 8 heteroatoms. The average molecular weight is 322 g/mol. The molecule has 0 aliphatic rings. The van der Waals surface area contributed by atoms with Crippen molar-refractivity contribution in [2.24, 2.45) is 14.1 Å². The smallest absolute Gasteiger partial charge is 0.230 e. The number of nitrogens with zero attached hydrogens (tertiary/aromatic N) is 3. The Morgan fingerprint density at radius 1 is 1.45 bits per heavy atom. The van der Waals surface area contributed by atoms with Crippen molar-refractivity contribution in [3.8, 4) is 5.75 Å². The third-order valence-corrected chi connectivity index (χ3v) is 4.40. The van der Waals surface area contributed by atoms with Gasteiger partial charge in [-0.2, -0.15) is 0 Å². The van der Waals surface area contributed by atoms with Gasteiger partial charge in [0.1, 0.15) is 0 Å². The molecule has 0 unspecified atom stereocenters. The summed E-state index contributed by atoms with van der Waals surface area (Å²) in [6.45, 7) is 1.86. The van der Waals surface area contributed by atoms with E-state index >= 15 is 0 Å². The number of imidazole rings is 1. The summed E-state index contributed by atoms with van der Waals surface area (Å²) >= 11 is 1.32. The van der Waals surface area contributed by atoms with Crippen molar-refractivity contribution < 1.29 is 9.90 Å². The molecule has 0 saturated carbocycles. The van der Waals surface area contributed by atoms with Crippen molar-refractivity contribution in [3.63, 3.8) is 0 Å². The number of carbonyl (C=O) groups is 1. The molecule has 22 heavy (non-hydrogen) atoms. The van der Waals surface area contributed by atoms with Crippen LogP contribution in [0.5, 0.6) is 5.75 Å². The molecule has 2 rings (SSSR count). The number of hydrogen-bond donors (Lipinski definition) is 2. The van der Waals surface area contributed by atoms with Gasteiger partial charge in [0.2, 0.25) is 11.3 Å². The van der Waals surface area contributed by atoms with Crippen LogP contribution >= 0.6 is 11.8 Å². The molecule has 0 aromatic carbocycles. The van der Waals surface area contributed by atoms with E-state index in [0.29, 0.717) is 5.69 Å². The Morgan fingerprint density at radius 3 is 2.82 bits per heavy atom. The highest BCUT2D eigenvalue weighted by atomic mass is 32.2. The third kappa shape index (κ3) is 3.51. The third-order valence-electron chi connectivity index (χ3n) is 3.34. The van der Waals surface area contributed by atoms with E-state index in [1.54, 1.807) is 30.9 Å². The maximum atomic E-state index is 11.9. The minimum Gasteiger partial charge on any atom is -0.503 e. The van der Waals surface area contributed by atoms with Gasteiger partial charge in [0.05, 0.1) is 18.0 Å². The van der Waals surface area contributed by atoms with Crippen LogP contribution in [0.2, 0.25) is 0 Å². The van der Waals surface area contributed by atoms with Gasteiger partial charge in [0, 0.05) is 38.2 Å². The van der Waals surface area contributed by atoms with E-state index in [1.807, 2.05) is 11.6 Å². The summed E-state index contributed by atoms with van der Waals surface area (Å²) in [4.78, 5) is 27.6. The molecule has 2 heterocycles. The van der Waals surface area contributed by atoms with E-state index in [2.05, 4.69) is 10.3 Å². The molecule has 0 aliphatic carbocycles. The zero-order chi connectivity index (χ0) is 16.3. The Labute approximate surface area is 132 Å². The highest BCUT2D eigenvalue weighted by Gasteiger charge is 2.12. The van der Waals surface area contributed by atoms with Crippen molar-refractivity contribution in [1.29, 1.82) is 0 Å². The quantitative estimate of drug-likeness (QED) is 0.784. The molecule has 0 saturated heterocycles. The molecule has 2 aromatic rings. The standard InChI is InChI=1S/C14H18N4O3S/c1-9-6-11(19)13(21)10(18(9)3)7-16-12(20)8-22-14-15-4-5-17(14)2/h4-6,21H,7-8H2,1-3H3,(H,16,20). The van der Waals surface area contributed by atoms with E-state index in [4.69, 9.17) is 0 Å². The summed E-state index contributed by atoms with van der Waals surface area (Å²) in [6.07, 6.45) is 3.47. The van der Waals surface area contributed by atoms with Crippen LogP contribution in [0.3, 0.4) is 0 Å². The second kappa shape index (κ2) is 6.69. The lowest BCUT2D eigenvalue weighted by Crippen LogP contribution is -2.27. The molecule has 1 amide bonds. The molecule has 0 spiro atoms. The van der Waals surface area contributed by atoms with Crippen LogP contribution in [-0.2, 0) is 25.4 Å². The van der Waals surface area contributed by atoms with Crippen LogP contribution in [0.15, 0.2) is 28.4 Å². The fourth-order valence-corrected chi connectivity index (χ4v) is 2.69. The molecule has 0 aliphatic heterocycles. The molecule has 118 valence electrons. The van der Waals surface area contributed by atoms with Gasteiger partial charge < -0.3 is 19.6 Å². The van der Waals surface area contributed by atoms with Crippen LogP contribution < -0.4 is 10.7 Å². The minimum absolute atomic E-state index is 0.0964. The predicted octanol–water partition coefficient (Wildman–Crippen LogP) is 0.541. The lowest BCUT2D eigenvalue weighted by atomic mass is 10.2. The number of amides is 1. The van der Waals surface area contributed by atoms with Crippen molar-refractivity contribution >= 4 is 17.7 Å². The van der Waals surface area contributed by atoms with Gasteiger partial charge in [-0.3, -0.25) is 9.59 Å². The van der Waals surface area contributed by atoms with Crippen LogP contribution in [-0.4, -0.2) is 30.9 Å². The summed E-state index contributed by atoms with van der Waals surface area (Å²) in [7, 11) is 3.59. The normalized spacial score (nSPS) is 10.7. The van der Waals surface area contributed by atoms with Gasteiger partial charge in [-0.05, 0) is 6.92 Å². The highest BCUT2D eigenvalue weighted by molar-refractivity contribution is 7.99. The van der Waals surface area contributed by atoms with Crippen LogP contribution in [0.1, 0.15) is 11.4 Å². The molecule has 0 atom stereocenters. The zero-order valence-electron chi connectivity index (χ0n) is 12.7. The Morgan fingerprint density at radius 2 is 2.18 bits per heavy atom. The number of nitrogens with one attached hydrogen (secondary N) is 1. The molecule has 0 bridgehead atoms. The number of carbonyl (C=O) groups excluding carboxylic acids is 1. The molecule has 2 aromatic heterocycles. The lowest BCUT2D eigenvalue weighted by molar-refractivity contribution is -0.118. The van der Waals surface area contributed by atoms with Gasteiger partial charge in [0.15, 0.2) is 10.9 Å². The highest BCUT2D eigenvalue weighted by Crippen LogP contribution is 2.15. The summed E-state index contributed by atoms with van der Waals surface area (Å²) in [5.74, 6) is -0.308. The van der Waals surface area contributed by atoms with Crippen molar-refractivity contribution in [2.45, 2.75) is 18.6 Å². The largest absolute Gasteiger partial charge is 0.503 e. The van der Waals surface area contributed by atoms with Crippen molar-refractivity contribution in [3.05, 3.63) is 40.1 Å². The van der Waals surface area contributed by atoms with E-state index in [-0.39, 0.29) is 24.0 Å². The molecular formula is C14H18N4O3S. The lowest BCUT2D eigenvalue weighted by Gasteiger charge is -2.14. The summed E-state index contributed by atoms with van der Waals surface area (Å²) in [6, 6.07) is 1.36. The number of aryl methyl sites for hydroxylation is 2. The van der Waals surface area contributed by atoms with E-state index in [0.717, 1.165) is 10.9 Å². The maximum Gasteiger partial charge on any atom is 0.230 e. The van der Waals surface area contributed by atoms with Crippen LogP contribution in [0.25, 0.3) is 0 Å². The molecular weight excluding hydrogens is 304 g/mol. The second-order valence-electron chi connectivity index (χ2n) is 4.89. The van der Waals surface area contributed by atoms with Gasteiger partial charge in [-0.1, -0.05) is 11.8 Å².